The highest BCUT2D eigenvalue weighted by molar-refractivity contribution is 7.93. The van der Waals surface area contributed by atoms with Crippen LogP contribution < -0.4 is 0 Å². The van der Waals surface area contributed by atoms with Crippen LogP contribution in [-0.2, 0) is 14.5 Å². The summed E-state index contributed by atoms with van der Waals surface area (Å²) in [6.45, 7) is 1.68. The molecule has 0 spiro atoms. The first-order valence-electron chi connectivity index (χ1n) is 5.05. The lowest BCUT2D eigenvalue weighted by Crippen LogP contribution is -2.25. The minimum absolute atomic E-state index is 0.134. The van der Waals surface area contributed by atoms with E-state index in [0.29, 0.717) is 6.42 Å². The maximum absolute atomic E-state index is 11.9. The first-order valence-corrected chi connectivity index (χ1v) is 6.90. The Morgan fingerprint density at radius 3 is 2.62 bits per heavy atom. The molecule has 0 saturated carbocycles. The predicted octanol–water partition coefficient (Wildman–Crippen LogP) is 2.36. The zero-order valence-electron chi connectivity index (χ0n) is 8.92. The van der Waals surface area contributed by atoms with Gasteiger partial charge in [0.2, 0.25) is 0 Å². The molecule has 0 aromatic carbocycles. The second kappa shape index (κ2) is 4.73. The maximum Gasteiger partial charge on any atom is 0.389 e. The Labute approximate surface area is 92.6 Å². The van der Waals surface area contributed by atoms with Gasteiger partial charge in [0.25, 0.3) is 5.91 Å². The topological polar surface area (TPSA) is 46.5 Å². The summed E-state index contributed by atoms with van der Waals surface area (Å²) in [5, 5.41) is 0. The molecule has 0 aromatic heterocycles. The van der Waals surface area contributed by atoms with Crippen LogP contribution in [0.3, 0.4) is 0 Å². The number of hydrogen-bond acceptors (Lipinski definition) is 2. The molecule has 1 rings (SSSR count). The summed E-state index contributed by atoms with van der Waals surface area (Å²) in [6.07, 6.45) is -4.98. The first kappa shape index (κ1) is 13.5. The van der Waals surface area contributed by atoms with Gasteiger partial charge in [-0.2, -0.15) is 17.5 Å². The number of nitrogens with zero attached hydrogens (tertiary/aromatic N) is 1. The number of alkyl halides is 3. The first-order chi connectivity index (χ1) is 7.22. The van der Waals surface area contributed by atoms with Crippen molar-refractivity contribution in [2.75, 3.05) is 11.5 Å². The molecule has 0 N–H and O–H groups in total. The molecule has 16 heavy (non-hydrogen) atoms. The fraction of sp³-hybridized carbons (Fsp3) is 0.889. The lowest BCUT2D eigenvalue weighted by Gasteiger charge is -2.18. The van der Waals surface area contributed by atoms with Crippen molar-refractivity contribution in [3.05, 3.63) is 0 Å². The second-order valence-electron chi connectivity index (χ2n) is 4.02. The van der Waals surface area contributed by atoms with Crippen LogP contribution >= 0.6 is 0 Å². The van der Waals surface area contributed by atoms with E-state index in [9.17, 15) is 22.2 Å². The van der Waals surface area contributed by atoms with Crippen molar-refractivity contribution in [2.24, 2.45) is 10.3 Å². The fourth-order valence-corrected chi connectivity index (χ4v) is 3.64. The molecular weight excluding hydrogens is 243 g/mol. The van der Waals surface area contributed by atoms with Crippen molar-refractivity contribution in [1.29, 1.82) is 0 Å². The van der Waals surface area contributed by atoms with Crippen molar-refractivity contribution in [3.8, 4) is 0 Å². The van der Waals surface area contributed by atoms with E-state index in [1.54, 1.807) is 6.92 Å². The molecule has 0 fully saturated rings. The molecule has 0 bridgehead atoms. The lowest BCUT2D eigenvalue weighted by molar-refractivity contribution is -0.134. The van der Waals surface area contributed by atoms with E-state index in [1.165, 1.54) is 0 Å². The van der Waals surface area contributed by atoms with E-state index in [1.807, 2.05) is 0 Å². The number of hydrogen-bond donors (Lipinski definition) is 0. The highest BCUT2D eigenvalue weighted by atomic mass is 32.2. The summed E-state index contributed by atoms with van der Waals surface area (Å²) in [5.74, 6) is -0.594. The molecule has 0 aromatic rings. The lowest BCUT2D eigenvalue weighted by atomic mass is 10.1. The van der Waals surface area contributed by atoms with Crippen LogP contribution in [0.25, 0.3) is 0 Å². The van der Waals surface area contributed by atoms with Crippen LogP contribution in [0.2, 0.25) is 0 Å². The average Bonchev–Trinajstić information content (AvgIpc) is 2.10. The van der Waals surface area contributed by atoms with Gasteiger partial charge in [0.05, 0.1) is 9.73 Å². The van der Waals surface area contributed by atoms with Crippen LogP contribution in [0.15, 0.2) is 4.36 Å². The van der Waals surface area contributed by atoms with E-state index in [-0.39, 0.29) is 23.8 Å². The summed E-state index contributed by atoms with van der Waals surface area (Å²) < 4.78 is 51.1. The summed E-state index contributed by atoms with van der Waals surface area (Å²) >= 11 is 0. The standard InChI is InChI=1S/C9H14F3NO2S/c1-7-3-6-16(15,13-8(7)14)5-2-4-9(10,11)12/h7H,2-6H2,1H3. The Morgan fingerprint density at radius 1 is 1.50 bits per heavy atom. The Kier molecular flexibility index (Phi) is 3.98. The quantitative estimate of drug-likeness (QED) is 0.779. The molecule has 7 heteroatoms. The molecule has 0 radical (unpaired) electrons. The van der Waals surface area contributed by atoms with Crippen molar-refractivity contribution >= 4 is 15.6 Å². The van der Waals surface area contributed by atoms with Gasteiger partial charge in [-0.3, -0.25) is 4.79 Å². The van der Waals surface area contributed by atoms with E-state index in [2.05, 4.69) is 4.36 Å². The van der Waals surface area contributed by atoms with Crippen LogP contribution in [0, 0.1) is 5.92 Å². The van der Waals surface area contributed by atoms with Crippen LogP contribution in [0.1, 0.15) is 26.2 Å². The van der Waals surface area contributed by atoms with Gasteiger partial charge < -0.3 is 0 Å². The van der Waals surface area contributed by atoms with Crippen molar-refractivity contribution in [1.82, 2.24) is 0 Å². The van der Waals surface area contributed by atoms with Crippen LogP contribution in [-0.4, -0.2) is 27.8 Å². The van der Waals surface area contributed by atoms with E-state index in [4.69, 9.17) is 0 Å². The normalized spacial score (nSPS) is 31.2. The van der Waals surface area contributed by atoms with Gasteiger partial charge in [-0.1, -0.05) is 6.92 Å². The highest BCUT2D eigenvalue weighted by Gasteiger charge is 2.29. The van der Waals surface area contributed by atoms with Crippen LogP contribution in [0.5, 0.6) is 0 Å². The van der Waals surface area contributed by atoms with Gasteiger partial charge in [0.15, 0.2) is 0 Å². The zero-order valence-corrected chi connectivity index (χ0v) is 9.74. The number of carbonyl (C=O) groups is 1. The summed E-state index contributed by atoms with van der Waals surface area (Å²) in [6, 6.07) is 0. The maximum atomic E-state index is 11.9. The minimum Gasteiger partial charge on any atom is -0.272 e. The number of amides is 1. The van der Waals surface area contributed by atoms with Crippen LogP contribution in [0.4, 0.5) is 13.2 Å². The highest BCUT2D eigenvalue weighted by Crippen LogP contribution is 2.23. The van der Waals surface area contributed by atoms with Gasteiger partial charge in [0.1, 0.15) is 0 Å². The monoisotopic (exact) mass is 257 g/mol. The van der Waals surface area contributed by atoms with Gasteiger partial charge in [-0.15, -0.1) is 0 Å². The molecule has 2 unspecified atom stereocenters. The van der Waals surface area contributed by atoms with Crippen molar-refractivity contribution in [2.45, 2.75) is 32.4 Å². The molecule has 94 valence electrons. The van der Waals surface area contributed by atoms with Gasteiger partial charge in [-0.25, -0.2) is 4.21 Å². The number of halogens is 3. The molecule has 3 nitrogen and oxygen atoms in total. The Bertz CT molecular complexity index is 383. The number of carbonyl (C=O) groups excluding carboxylic acids is 1. The third-order valence-corrected chi connectivity index (χ3v) is 4.78. The smallest absolute Gasteiger partial charge is 0.272 e. The van der Waals surface area contributed by atoms with Crippen molar-refractivity contribution in [3.63, 3.8) is 0 Å². The van der Waals surface area contributed by atoms with E-state index in [0.717, 1.165) is 0 Å². The molecule has 0 aliphatic carbocycles. The Morgan fingerprint density at radius 2 is 2.12 bits per heavy atom. The Hall–Kier alpha value is -0.590. The molecule has 0 saturated heterocycles. The summed E-state index contributed by atoms with van der Waals surface area (Å²) in [7, 11) is -2.72. The molecule has 1 heterocycles. The number of rotatable bonds is 3. The average molecular weight is 257 g/mol. The van der Waals surface area contributed by atoms with Gasteiger partial charge in [0, 0.05) is 23.8 Å². The summed E-state index contributed by atoms with van der Waals surface area (Å²) in [4.78, 5) is 11.2. The molecule has 1 aliphatic heterocycles. The zero-order chi connectivity index (χ0) is 12.4. The van der Waals surface area contributed by atoms with E-state index < -0.39 is 28.2 Å². The largest absolute Gasteiger partial charge is 0.389 e. The minimum atomic E-state index is -4.23. The van der Waals surface area contributed by atoms with Gasteiger partial charge >= 0.3 is 6.18 Å². The summed E-state index contributed by atoms with van der Waals surface area (Å²) in [5.41, 5.74) is 0. The molecule has 1 amide bonds. The Balaban J connectivity index is 2.57. The molecule has 1 aliphatic rings. The van der Waals surface area contributed by atoms with Crippen molar-refractivity contribution < 1.29 is 22.2 Å². The molecule has 2 atom stereocenters. The molecular formula is C9H14F3NO2S. The third kappa shape index (κ3) is 4.11. The SMILES string of the molecule is CC1CCS(=O)(CCCC(F)(F)F)=NC1=O. The van der Waals surface area contributed by atoms with E-state index >= 15 is 0 Å². The van der Waals surface area contributed by atoms with Gasteiger partial charge in [-0.05, 0) is 12.8 Å². The second-order valence-corrected chi connectivity index (χ2v) is 6.56. The third-order valence-electron chi connectivity index (χ3n) is 2.47. The predicted molar refractivity (Wildman–Crippen MR) is 54.4 cm³/mol. The fourth-order valence-electron chi connectivity index (χ4n) is 1.43.